The number of hydrogen-bond donors (Lipinski definition) is 2. The van der Waals surface area contributed by atoms with Crippen molar-refractivity contribution in [3.05, 3.63) is 75.7 Å². The maximum atomic E-state index is 14.8. The molecule has 0 spiro atoms. The van der Waals surface area contributed by atoms with E-state index < -0.39 is 17.0 Å². The van der Waals surface area contributed by atoms with E-state index in [1.165, 1.54) is 30.5 Å². The van der Waals surface area contributed by atoms with Crippen LogP contribution < -0.4 is 5.73 Å². The van der Waals surface area contributed by atoms with Crippen molar-refractivity contribution in [2.75, 3.05) is 0 Å². The number of hydrogen-bond acceptors (Lipinski definition) is 7. The molecule has 1 aromatic carbocycles. The lowest BCUT2D eigenvalue weighted by molar-refractivity contribution is 0.0988. The number of carbonyl (C=O) groups is 1. The number of benzene rings is 1. The summed E-state index contributed by atoms with van der Waals surface area (Å²) in [6.45, 7) is 4.96. The number of carbonyl (C=O) groups excluding carboxylic acids is 1. The van der Waals surface area contributed by atoms with Gasteiger partial charge in [-0.2, -0.15) is 5.26 Å². The summed E-state index contributed by atoms with van der Waals surface area (Å²) < 4.78 is 14.8. The Morgan fingerprint density at radius 1 is 1.37 bits per heavy atom. The third kappa shape index (κ3) is 4.58. The smallest absolute Gasteiger partial charge is 0.185 e. The monoisotopic (exact) mass is 424 g/mol. The number of aromatic nitrogens is 1. The van der Waals surface area contributed by atoms with E-state index in [2.05, 4.69) is 9.98 Å². The number of aliphatic imine (C=N–C) groups is 1. The highest BCUT2D eigenvalue weighted by Gasteiger charge is 2.35. The molecular weight excluding hydrogens is 403 g/mol. The molecule has 6 nitrogen and oxygen atoms in total. The zero-order valence-corrected chi connectivity index (χ0v) is 17.6. The number of ketones is 1. The van der Waals surface area contributed by atoms with Crippen LogP contribution in [0.2, 0.25) is 0 Å². The first-order chi connectivity index (χ1) is 14.0. The fourth-order valence-corrected chi connectivity index (χ4v) is 4.09. The number of nitrogens with zero attached hydrogens (tertiary/aromatic N) is 3. The first-order valence-corrected chi connectivity index (χ1v) is 10.0. The average Bonchev–Trinajstić information content (AvgIpc) is 2.68. The topological polar surface area (TPSA) is 112 Å². The van der Waals surface area contributed by atoms with Gasteiger partial charge in [0.15, 0.2) is 11.0 Å². The van der Waals surface area contributed by atoms with Crippen LogP contribution in [0.3, 0.4) is 0 Å². The van der Waals surface area contributed by atoms with Crippen molar-refractivity contribution < 1.29 is 14.3 Å². The van der Waals surface area contributed by atoms with Crippen molar-refractivity contribution in [3.8, 4) is 6.07 Å². The Hall–Kier alpha value is -3.02. The molecule has 0 saturated carbocycles. The summed E-state index contributed by atoms with van der Waals surface area (Å²) in [5.41, 5.74) is 5.12. The van der Waals surface area contributed by atoms with Crippen LogP contribution in [-0.2, 0) is 12.0 Å². The van der Waals surface area contributed by atoms with Gasteiger partial charge in [-0.15, -0.1) is 0 Å². The van der Waals surface area contributed by atoms with Gasteiger partial charge < -0.3 is 10.8 Å². The molecule has 0 saturated heterocycles. The van der Waals surface area contributed by atoms with Gasteiger partial charge in [0.25, 0.3) is 0 Å². The lowest BCUT2D eigenvalue weighted by Crippen LogP contribution is -2.32. The molecular formula is C22H21FN4O2S. The number of Topliss-reactive ketones (excluding diaryl/α,β-unsaturated/α-hetero) is 1. The van der Waals surface area contributed by atoms with Gasteiger partial charge in [0.2, 0.25) is 0 Å². The van der Waals surface area contributed by atoms with E-state index >= 15 is 0 Å². The molecule has 2 aromatic rings. The second-order valence-corrected chi connectivity index (χ2v) is 8.79. The number of thioether (sulfide) groups is 1. The van der Waals surface area contributed by atoms with E-state index in [0.717, 1.165) is 11.8 Å². The van der Waals surface area contributed by atoms with Crippen LogP contribution in [0.1, 0.15) is 48.0 Å². The third-order valence-corrected chi connectivity index (χ3v) is 5.83. The largest absolute Gasteiger partial charge is 0.385 e. The van der Waals surface area contributed by atoms with E-state index in [1.54, 1.807) is 32.9 Å². The van der Waals surface area contributed by atoms with Crippen LogP contribution in [0.25, 0.3) is 0 Å². The zero-order valence-electron chi connectivity index (χ0n) is 16.8. The quantitative estimate of drug-likeness (QED) is 0.711. The Morgan fingerprint density at radius 2 is 2.10 bits per heavy atom. The summed E-state index contributed by atoms with van der Waals surface area (Å²) in [5, 5.41) is 19.4. The molecule has 1 aromatic heterocycles. The molecule has 2 heterocycles. The molecule has 0 fully saturated rings. The maximum absolute atomic E-state index is 14.8. The van der Waals surface area contributed by atoms with Gasteiger partial charge in [0.1, 0.15) is 23.1 Å². The molecule has 0 bridgehead atoms. The van der Waals surface area contributed by atoms with Gasteiger partial charge in [-0.05, 0) is 56.7 Å². The molecule has 3 rings (SSSR count). The second kappa shape index (κ2) is 8.01. The predicted octanol–water partition coefficient (Wildman–Crippen LogP) is 3.45. The molecule has 3 N–H and O–H groups in total. The normalized spacial score (nSPS) is 18.9. The average molecular weight is 425 g/mol. The summed E-state index contributed by atoms with van der Waals surface area (Å²) in [5.74, 6) is -0.739. The van der Waals surface area contributed by atoms with Crippen LogP contribution in [0, 0.1) is 17.1 Å². The number of rotatable bonds is 5. The Morgan fingerprint density at radius 3 is 2.70 bits per heavy atom. The fourth-order valence-electron chi connectivity index (χ4n) is 3.09. The van der Waals surface area contributed by atoms with Crippen LogP contribution in [0.4, 0.5) is 4.39 Å². The summed E-state index contributed by atoms with van der Waals surface area (Å²) in [6.07, 6.45) is 3.04. The Kier molecular flexibility index (Phi) is 5.79. The molecule has 0 radical (unpaired) electrons. The van der Waals surface area contributed by atoms with E-state index in [4.69, 9.17) is 11.0 Å². The Bertz CT molecular complexity index is 1100. The van der Waals surface area contributed by atoms with Crippen LogP contribution in [0.5, 0.6) is 0 Å². The van der Waals surface area contributed by atoms with Gasteiger partial charge in [-0.1, -0.05) is 17.8 Å². The van der Waals surface area contributed by atoms with E-state index in [9.17, 15) is 14.3 Å². The van der Waals surface area contributed by atoms with Gasteiger partial charge in [0.05, 0.1) is 11.2 Å². The summed E-state index contributed by atoms with van der Waals surface area (Å²) in [6, 6.07) is 9.39. The standard InChI is InChI=1S/C22H21FN4O2S/c1-21(2,29)19-10-22(3,27-20(25)30-19)15-8-13(4-6-16(15)23)9-18(28)17-7-5-14(11-24)12-26-17/h4-8,10,12,29H,9H2,1-3H3,(H2,25,27)/t22-/m0/s1. The Balaban J connectivity index is 1.95. The molecule has 1 atom stereocenters. The molecule has 0 amide bonds. The Labute approximate surface area is 178 Å². The molecule has 8 heteroatoms. The molecule has 1 aliphatic heterocycles. The van der Waals surface area contributed by atoms with Crippen molar-refractivity contribution in [1.82, 2.24) is 4.98 Å². The van der Waals surface area contributed by atoms with Crippen molar-refractivity contribution in [1.29, 1.82) is 5.26 Å². The molecule has 1 aliphatic rings. The highest BCUT2D eigenvalue weighted by Crippen LogP contribution is 2.41. The van der Waals surface area contributed by atoms with Gasteiger partial charge in [-0.3, -0.25) is 9.78 Å². The first kappa shape index (κ1) is 21.7. The molecule has 30 heavy (non-hydrogen) atoms. The number of aliphatic hydroxyl groups is 1. The minimum atomic E-state index is -1.15. The number of amidine groups is 1. The summed E-state index contributed by atoms with van der Waals surface area (Å²) in [7, 11) is 0. The lowest BCUT2D eigenvalue weighted by Gasteiger charge is -2.32. The molecule has 154 valence electrons. The highest BCUT2D eigenvalue weighted by atomic mass is 32.2. The molecule has 0 unspecified atom stereocenters. The van der Waals surface area contributed by atoms with Gasteiger partial charge in [-0.25, -0.2) is 9.38 Å². The van der Waals surface area contributed by atoms with Gasteiger partial charge >= 0.3 is 0 Å². The minimum Gasteiger partial charge on any atom is -0.385 e. The van der Waals surface area contributed by atoms with Crippen LogP contribution in [-0.4, -0.2) is 26.6 Å². The number of halogens is 1. The van der Waals surface area contributed by atoms with E-state index in [0.29, 0.717) is 16.0 Å². The molecule has 0 aliphatic carbocycles. The minimum absolute atomic E-state index is 0.0122. The van der Waals surface area contributed by atoms with Crippen LogP contribution in [0.15, 0.2) is 52.5 Å². The van der Waals surface area contributed by atoms with Crippen molar-refractivity contribution in [2.45, 2.75) is 38.3 Å². The predicted molar refractivity (Wildman–Crippen MR) is 114 cm³/mol. The highest BCUT2D eigenvalue weighted by molar-refractivity contribution is 8.17. The van der Waals surface area contributed by atoms with E-state index in [-0.39, 0.29) is 28.6 Å². The number of pyridine rings is 1. The third-order valence-electron chi connectivity index (χ3n) is 4.69. The first-order valence-electron chi connectivity index (χ1n) is 9.19. The summed E-state index contributed by atoms with van der Waals surface area (Å²) in [4.78, 5) is 21.6. The fraction of sp³-hybridized carbons (Fsp3) is 0.273. The zero-order chi connectivity index (χ0) is 22.1. The van der Waals surface area contributed by atoms with Crippen molar-refractivity contribution in [2.24, 2.45) is 10.7 Å². The van der Waals surface area contributed by atoms with Crippen LogP contribution >= 0.6 is 11.8 Å². The van der Waals surface area contributed by atoms with Crippen molar-refractivity contribution in [3.63, 3.8) is 0 Å². The van der Waals surface area contributed by atoms with Gasteiger partial charge in [0, 0.05) is 23.1 Å². The SMILES string of the molecule is CC(C)(O)C1=C[C@@](C)(c2cc(CC(=O)c3ccc(C#N)cn3)ccc2F)N=C(N)S1. The second-order valence-electron chi connectivity index (χ2n) is 7.73. The number of nitrogens with two attached hydrogens (primary N) is 1. The van der Waals surface area contributed by atoms with E-state index in [1.807, 2.05) is 6.07 Å². The lowest BCUT2D eigenvalue weighted by atomic mass is 9.88. The van der Waals surface area contributed by atoms with Crippen molar-refractivity contribution >= 4 is 22.7 Å². The summed E-state index contributed by atoms with van der Waals surface area (Å²) >= 11 is 1.14. The number of nitriles is 1. The maximum Gasteiger partial charge on any atom is 0.185 e.